The number of ether oxygens (including phenoxy) is 3. The number of benzene rings is 1. The molecule has 0 aliphatic carbocycles. The van der Waals surface area contributed by atoms with Gasteiger partial charge in [-0.1, -0.05) is 12.1 Å². The van der Waals surface area contributed by atoms with Gasteiger partial charge in [0.1, 0.15) is 6.61 Å². The van der Waals surface area contributed by atoms with E-state index in [0.29, 0.717) is 25.4 Å². The van der Waals surface area contributed by atoms with Crippen molar-refractivity contribution in [2.75, 3.05) is 33.9 Å². The van der Waals surface area contributed by atoms with Crippen molar-refractivity contribution in [2.24, 2.45) is 0 Å². The monoisotopic (exact) mass is 295 g/mol. The third-order valence-corrected chi connectivity index (χ3v) is 3.54. The molecule has 1 aliphatic rings. The van der Waals surface area contributed by atoms with Crippen LogP contribution >= 0.6 is 0 Å². The number of hydrogen-bond donors (Lipinski definition) is 1. The predicted molar refractivity (Wildman–Crippen MR) is 76.8 cm³/mol. The zero-order valence-electron chi connectivity index (χ0n) is 12.6. The molecular formula is C15H21NO5. The minimum Gasteiger partial charge on any atom is -0.493 e. The van der Waals surface area contributed by atoms with Crippen LogP contribution in [-0.4, -0.2) is 55.5 Å². The summed E-state index contributed by atoms with van der Waals surface area (Å²) in [5.74, 6) is 0.504. The van der Waals surface area contributed by atoms with Crippen molar-refractivity contribution in [2.45, 2.75) is 19.1 Å². The second-order valence-corrected chi connectivity index (χ2v) is 5.43. The molecule has 1 fully saturated rings. The molecule has 116 valence electrons. The van der Waals surface area contributed by atoms with Gasteiger partial charge >= 0.3 is 5.97 Å². The number of aliphatic carboxylic acids is 1. The van der Waals surface area contributed by atoms with Gasteiger partial charge in [0.25, 0.3) is 0 Å². The summed E-state index contributed by atoms with van der Waals surface area (Å²) < 4.78 is 16.1. The molecule has 0 bridgehead atoms. The van der Waals surface area contributed by atoms with Crippen LogP contribution in [0.1, 0.15) is 12.5 Å². The molecule has 1 heterocycles. The first kappa shape index (κ1) is 15.6. The standard InChI is InChI=1S/C15H21NO5/c1-15(21-8-13(17)18)9-16(10-15)7-11-5-4-6-12(19-2)14(11)20-3/h4-6H,7-10H2,1-3H3,(H,17,18). The van der Waals surface area contributed by atoms with Crippen LogP contribution in [0.5, 0.6) is 11.5 Å². The normalized spacial score (nSPS) is 17.1. The van der Waals surface area contributed by atoms with E-state index in [2.05, 4.69) is 4.90 Å². The number of nitrogens with zero attached hydrogens (tertiary/aromatic N) is 1. The van der Waals surface area contributed by atoms with E-state index in [1.165, 1.54) is 0 Å². The Morgan fingerprint density at radius 1 is 1.33 bits per heavy atom. The van der Waals surface area contributed by atoms with Gasteiger partial charge in [-0.25, -0.2) is 4.79 Å². The molecule has 6 heteroatoms. The van der Waals surface area contributed by atoms with Crippen molar-refractivity contribution in [3.8, 4) is 11.5 Å². The summed E-state index contributed by atoms with van der Waals surface area (Å²) in [4.78, 5) is 12.7. The highest BCUT2D eigenvalue weighted by molar-refractivity contribution is 5.68. The Bertz CT molecular complexity index is 511. The van der Waals surface area contributed by atoms with Crippen LogP contribution in [0.2, 0.25) is 0 Å². The summed E-state index contributed by atoms with van der Waals surface area (Å²) in [5, 5.41) is 8.65. The molecule has 0 aromatic heterocycles. The van der Waals surface area contributed by atoms with Gasteiger partial charge in [0.05, 0.1) is 19.8 Å². The largest absolute Gasteiger partial charge is 0.493 e. The number of para-hydroxylation sites is 1. The average molecular weight is 295 g/mol. The maximum atomic E-state index is 10.5. The molecule has 2 rings (SSSR count). The van der Waals surface area contributed by atoms with E-state index in [1.807, 2.05) is 25.1 Å². The van der Waals surface area contributed by atoms with Crippen molar-refractivity contribution in [3.63, 3.8) is 0 Å². The summed E-state index contributed by atoms with van der Waals surface area (Å²) in [5.41, 5.74) is 0.655. The SMILES string of the molecule is COc1cccc(CN2CC(C)(OCC(=O)O)C2)c1OC. The van der Waals surface area contributed by atoms with E-state index in [9.17, 15) is 4.79 Å². The van der Waals surface area contributed by atoms with E-state index < -0.39 is 5.97 Å². The molecule has 0 atom stereocenters. The second-order valence-electron chi connectivity index (χ2n) is 5.43. The van der Waals surface area contributed by atoms with Crippen LogP contribution in [0.3, 0.4) is 0 Å². The van der Waals surface area contributed by atoms with Crippen LogP contribution in [0, 0.1) is 0 Å². The van der Waals surface area contributed by atoms with Crippen molar-refractivity contribution in [1.82, 2.24) is 4.90 Å². The van der Waals surface area contributed by atoms with Gasteiger partial charge in [-0.2, -0.15) is 0 Å². The quantitative estimate of drug-likeness (QED) is 0.819. The van der Waals surface area contributed by atoms with Crippen LogP contribution in [0.4, 0.5) is 0 Å². The fourth-order valence-corrected chi connectivity index (χ4v) is 2.66. The first-order valence-corrected chi connectivity index (χ1v) is 6.75. The number of rotatable bonds is 7. The highest BCUT2D eigenvalue weighted by Crippen LogP contribution is 2.34. The maximum absolute atomic E-state index is 10.5. The van der Waals surface area contributed by atoms with E-state index in [-0.39, 0.29) is 12.2 Å². The Hall–Kier alpha value is -1.79. The lowest BCUT2D eigenvalue weighted by Gasteiger charge is -2.47. The first-order chi connectivity index (χ1) is 9.97. The lowest BCUT2D eigenvalue weighted by atomic mass is 9.95. The summed E-state index contributed by atoms with van der Waals surface area (Å²) in [6.45, 7) is 3.77. The van der Waals surface area contributed by atoms with Crippen LogP contribution in [0.25, 0.3) is 0 Å². The average Bonchev–Trinajstić information content (AvgIpc) is 2.43. The van der Waals surface area contributed by atoms with Crippen LogP contribution in [0.15, 0.2) is 18.2 Å². The predicted octanol–water partition coefficient (Wildman–Crippen LogP) is 1.38. The topological polar surface area (TPSA) is 68.2 Å². The van der Waals surface area contributed by atoms with Gasteiger partial charge in [0, 0.05) is 25.2 Å². The van der Waals surface area contributed by atoms with Crippen molar-refractivity contribution in [1.29, 1.82) is 0 Å². The summed E-state index contributed by atoms with van der Waals surface area (Å²) in [6, 6.07) is 5.78. The Morgan fingerprint density at radius 2 is 2.05 bits per heavy atom. The van der Waals surface area contributed by atoms with Crippen molar-refractivity contribution in [3.05, 3.63) is 23.8 Å². The number of likely N-dealkylation sites (tertiary alicyclic amines) is 1. The third kappa shape index (κ3) is 3.65. The second kappa shape index (κ2) is 6.32. The van der Waals surface area contributed by atoms with E-state index in [1.54, 1.807) is 14.2 Å². The number of hydrogen-bond acceptors (Lipinski definition) is 5. The lowest BCUT2D eigenvalue weighted by Crippen LogP contribution is -2.61. The number of carbonyl (C=O) groups is 1. The zero-order chi connectivity index (χ0) is 15.5. The molecule has 1 aromatic carbocycles. The summed E-state index contributed by atoms with van der Waals surface area (Å²) in [6.07, 6.45) is 0. The minimum absolute atomic E-state index is 0.257. The Morgan fingerprint density at radius 3 is 2.62 bits per heavy atom. The van der Waals surface area contributed by atoms with Crippen molar-refractivity contribution < 1.29 is 24.1 Å². The Labute approximate surface area is 124 Å². The van der Waals surface area contributed by atoms with Gasteiger partial charge in [-0.05, 0) is 13.0 Å². The highest BCUT2D eigenvalue weighted by Gasteiger charge is 2.40. The van der Waals surface area contributed by atoms with E-state index in [0.717, 1.165) is 11.3 Å². The van der Waals surface area contributed by atoms with Gasteiger partial charge < -0.3 is 19.3 Å². The lowest BCUT2D eigenvalue weighted by molar-refractivity contribution is -0.165. The Kier molecular flexibility index (Phi) is 4.69. The molecule has 1 aromatic rings. The molecule has 6 nitrogen and oxygen atoms in total. The molecule has 0 amide bonds. The van der Waals surface area contributed by atoms with Crippen molar-refractivity contribution >= 4 is 5.97 Å². The van der Waals surface area contributed by atoms with Crippen LogP contribution < -0.4 is 9.47 Å². The minimum atomic E-state index is -0.941. The molecule has 21 heavy (non-hydrogen) atoms. The number of methoxy groups -OCH3 is 2. The molecule has 0 spiro atoms. The highest BCUT2D eigenvalue weighted by atomic mass is 16.5. The maximum Gasteiger partial charge on any atom is 0.329 e. The molecule has 0 radical (unpaired) electrons. The molecule has 0 saturated carbocycles. The van der Waals surface area contributed by atoms with Gasteiger partial charge in [0.15, 0.2) is 11.5 Å². The molecule has 0 unspecified atom stereocenters. The summed E-state index contributed by atoms with van der Waals surface area (Å²) >= 11 is 0. The fraction of sp³-hybridized carbons (Fsp3) is 0.533. The van der Waals surface area contributed by atoms with Crippen LogP contribution in [-0.2, 0) is 16.1 Å². The fourth-order valence-electron chi connectivity index (χ4n) is 2.66. The molecular weight excluding hydrogens is 274 g/mol. The van der Waals surface area contributed by atoms with Gasteiger partial charge in [0.2, 0.25) is 0 Å². The zero-order valence-corrected chi connectivity index (χ0v) is 12.6. The summed E-state index contributed by atoms with van der Waals surface area (Å²) in [7, 11) is 3.24. The molecule has 1 aliphatic heterocycles. The van der Waals surface area contributed by atoms with E-state index >= 15 is 0 Å². The van der Waals surface area contributed by atoms with E-state index in [4.69, 9.17) is 19.3 Å². The first-order valence-electron chi connectivity index (χ1n) is 6.75. The molecule has 1 saturated heterocycles. The molecule has 1 N–H and O–H groups in total. The number of carboxylic acid groups (broad SMARTS) is 1. The smallest absolute Gasteiger partial charge is 0.329 e. The number of carboxylic acids is 1. The van der Waals surface area contributed by atoms with Gasteiger partial charge in [-0.3, -0.25) is 4.90 Å². The third-order valence-electron chi connectivity index (χ3n) is 3.54. The van der Waals surface area contributed by atoms with Gasteiger partial charge in [-0.15, -0.1) is 0 Å². The Balaban J connectivity index is 1.95.